The first-order chi connectivity index (χ1) is 10.1. The molecule has 0 radical (unpaired) electrons. The molecule has 0 amide bonds. The van der Waals surface area contributed by atoms with Gasteiger partial charge in [-0.05, 0) is 41.4 Å². The van der Waals surface area contributed by atoms with Gasteiger partial charge in [0.05, 0.1) is 12.7 Å². The fraction of sp³-hybridized carbons (Fsp3) is 0.375. The topological polar surface area (TPSA) is 55.5 Å². The predicted octanol–water partition coefficient (Wildman–Crippen LogP) is 3.53. The van der Waals surface area contributed by atoms with Gasteiger partial charge in [0.15, 0.2) is 0 Å². The summed E-state index contributed by atoms with van der Waals surface area (Å²) < 4.78 is 6.76. The van der Waals surface area contributed by atoms with Gasteiger partial charge in [-0.25, -0.2) is 0 Å². The number of thiophene rings is 1. The van der Waals surface area contributed by atoms with Crippen LogP contribution in [0, 0.1) is 6.92 Å². The van der Waals surface area contributed by atoms with E-state index >= 15 is 0 Å². The van der Waals surface area contributed by atoms with Crippen LogP contribution >= 0.6 is 27.3 Å². The second-order valence-electron chi connectivity index (χ2n) is 5.41. The highest BCUT2D eigenvalue weighted by Crippen LogP contribution is 2.48. The van der Waals surface area contributed by atoms with Crippen molar-refractivity contribution < 1.29 is 9.84 Å². The molecule has 2 aromatic rings. The standard InChI is InChI=1S/C16H18BrNO2S/c1-10-12(17)8-14(21-10)15(19)16(9-18)6-7-20-13-5-3-2-4-11(13)16/h2-5,8,15,19H,6-7,9,18H2,1H3. The number of rotatable bonds is 3. The second-order valence-corrected chi connectivity index (χ2v) is 7.55. The third-order valence-corrected chi connectivity index (χ3v) is 6.45. The van der Waals surface area contributed by atoms with E-state index in [2.05, 4.69) is 15.9 Å². The Hall–Kier alpha value is -0.880. The number of nitrogens with two attached hydrogens (primary N) is 1. The summed E-state index contributed by atoms with van der Waals surface area (Å²) in [5.74, 6) is 0.834. The molecule has 1 aromatic carbocycles. The molecule has 0 saturated heterocycles. The third-order valence-electron chi connectivity index (χ3n) is 4.26. The van der Waals surface area contributed by atoms with Crippen molar-refractivity contribution in [2.75, 3.05) is 13.2 Å². The lowest BCUT2D eigenvalue weighted by Crippen LogP contribution is -2.44. The van der Waals surface area contributed by atoms with Gasteiger partial charge in [0, 0.05) is 31.8 Å². The number of ether oxygens (including phenoxy) is 1. The number of aliphatic hydroxyl groups excluding tert-OH is 1. The van der Waals surface area contributed by atoms with Crippen molar-refractivity contribution in [2.45, 2.75) is 24.9 Å². The molecule has 2 heterocycles. The first-order valence-electron chi connectivity index (χ1n) is 6.95. The van der Waals surface area contributed by atoms with E-state index in [0.29, 0.717) is 13.2 Å². The Kier molecular flexibility index (Phi) is 4.10. The van der Waals surface area contributed by atoms with Crippen LogP contribution < -0.4 is 10.5 Å². The van der Waals surface area contributed by atoms with Crippen LogP contribution in [0.5, 0.6) is 5.75 Å². The number of aliphatic hydroxyl groups is 1. The Labute approximate surface area is 136 Å². The minimum Gasteiger partial charge on any atom is -0.493 e. The van der Waals surface area contributed by atoms with E-state index in [9.17, 15) is 5.11 Å². The predicted molar refractivity (Wildman–Crippen MR) is 89.0 cm³/mol. The van der Waals surface area contributed by atoms with Crippen molar-refractivity contribution >= 4 is 27.3 Å². The lowest BCUT2D eigenvalue weighted by atomic mass is 9.71. The molecule has 2 atom stereocenters. The molecule has 1 aliphatic rings. The molecule has 2 unspecified atom stereocenters. The van der Waals surface area contributed by atoms with Crippen LogP contribution in [0.4, 0.5) is 0 Å². The van der Waals surface area contributed by atoms with Crippen LogP contribution in [0.3, 0.4) is 0 Å². The van der Waals surface area contributed by atoms with Crippen LogP contribution in [-0.2, 0) is 5.41 Å². The number of hydrogen-bond acceptors (Lipinski definition) is 4. The van der Waals surface area contributed by atoms with Crippen molar-refractivity contribution in [3.05, 3.63) is 50.1 Å². The zero-order chi connectivity index (χ0) is 15.0. The molecule has 0 bridgehead atoms. The van der Waals surface area contributed by atoms with Gasteiger partial charge in [0.25, 0.3) is 0 Å². The number of aryl methyl sites for hydroxylation is 1. The van der Waals surface area contributed by atoms with Crippen LogP contribution in [-0.4, -0.2) is 18.3 Å². The molecule has 21 heavy (non-hydrogen) atoms. The van der Waals surface area contributed by atoms with Crippen molar-refractivity contribution in [2.24, 2.45) is 5.73 Å². The molecule has 3 N–H and O–H groups in total. The largest absolute Gasteiger partial charge is 0.493 e. The Balaban J connectivity index is 2.09. The Morgan fingerprint density at radius 3 is 2.90 bits per heavy atom. The van der Waals surface area contributed by atoms with Crippen LogP contribution in [0.2, 0.25) is 0 Å². The number of para-hydroxylation sites is 1. The average Bonchev–Trinajstić information content (AvgIpc) is 2.85. The molecule has 1 aromatic heterocycles. The highest BCUT2D eigenvalue weighted by atomic mass is 79.9. The summed E-state index contributed by atoms with van der Waals surface area (Å²) in [5.41, 5.74) is 6.64. The van der Waals surface area contributed by atoms with Gasteiger partial charge >= 0.3 is 0 Å². The molecule has 0 aliphatic carbocycles. The highest BCUT2D eigenvalue weighted by Gasteiger charge is 2.44. The maximum atomic E-state index is 11.0. The first-order valence-corrected chi connectivity index (χ1v) is 8.56. The van der Waals surface area contributed by atoms with Gasteiger partial charge in [-0.3, -0.25) is 0 Å². The molecule has 0 fully saturated rings. The van der Waals surface area contributed by atoms with Crippen molar-refractivity contribution in [1.29, 1.82) is 0 Å². The van der Waals surface area contributed by atoms with E-state index in [0.717, 1.165) is 32.0 Å². The normalized spacial score (nSPS) is 22.5. The monoisotopic (exact) mass is 367 g/mol. The number of benzene rings is 1. The molecular formula is C16H18BrNO2S. The quantitative estimate of drug-likeness (QED) is 0.872. The maximum Gasteiger partial charge on any atom is 0.123 e. The SMILES string of the molecule is Cc1sc(C(O)C2(CN)CCOc3ccccc32)cc1Br. The van der Waals surface area contributed by atoms with Crippen LogP contribution in [0.15, 0.2) is 34.8 Å². The van der Waals surface area contributed by atoms with Crippen LogP contribution in [0.25, 0.3) is 0 Å². The third kappa shape index (κ3) is 2.42. The summed E-state index contributed by atoms with van der Waals surface area (Å²) in [4.78, 5) is 2.11. The number of halogens is 1. The van der Waals surface area contributed by atoms with E-state index in [-0.39, 0.29) is 0 Å². The van der Waals surface area contributed by atoms with E-state index in [4.69, 9.17) is 10.5 Å². The van der Waals surface area contributed by atoms with Crippen molar-refractivity contribution in [3.8, 4) is 5.75 Å². The van der Waals surface area contributed by atoms with Crippen molar-refractivity contribution in [1.82, 2.24) is 0 Å². The summed E-state index contributed by atoms with van der Waals surface area (Å²) in [6.07, 6.45) is 0.0959. The van der Waals surface area contributed by atoms with Gasteiger partial charge in [-0.15, -0.1) is 11.3 Å². The zero-order valence-corrected chi connectivity index (χ0v) is 14.2. The number of fused-ring (bicyclic) bond motifs is 1. The molecule has 3 nitrogen and oxygen atoms in total. The molecule has 5 heteroatoms. The fourth-order valence-electron chi connectivity index (χ4n) is 2.98. The van der Waals surface area contributed by atoms with Gasteiger partial charge < -0.3 is 15.6 Å². The van der Waals surface area contributed by atoms with E-state index < -0.39 is 11.5 Å². The van der Waals surface area contributed by atoms with E-state index in [1.165, 1.54) is 0 Å². The Morgan fingerprint density at radius 2 is 2.24 bits per heavy atom. The summed E-state index contributed by atoms with van der Waals surface area (Å²) in [6.45, 7) is 3.01. The molecule has 1 aliphatic heterocycles. The van der Waals surface area contributed by atoms with Crippen molar-refractivity contribution in [3.63, 3.8) is 0 Å². The van der Waals surface area contributed by atoms with Gasteiger partial charge in [-0.2, -0.15) is 0 Å². The lowest BCUT2D eigenvalue weighted by molar-refractivity contribution is 0.0561. The fourth-order valence-corrected chi connectivity index (χ4v) is 4.64. The molecule has 3 rings (SSSR count). The van der Waals surface area contributed by atoms with Gasteiger partial charge in [-0.1, -0.05) is 18.2 Å². The smallest absolute Gasteiger partial charge is 0.123 e. The molecule has 0 saturated carbocycles. The summed E-state index contributed by atoms with van der Waals surface area (Å²) in [7, 11) is 0. The Bertz CT molecular complexity index is 638. The number of hydrogen-bond donors (Lipinski definition) is 2. The first kappa shape index (κ1) is 15.0. The van der Waals surface area contributed by atoms with E-state index in [1.807, 2.05) is 37.3 Å². The average molecular weight is 368 g/mol. The summed E-state index contributed by atoms with van der Waals surface area (Å²) in [6, 6.07) is 9.88. The minimum absolute atomic E-state index is 0.392. The summed E-state index contributed by atoms with van der Waals surface area (Å²) in [5, 5.41) is 11.0. The highest BCUT2D eigenvalue weighted by molar-refractivity contribution is 9.10. The lowest BCUT2D eigenvalue weighted by Gasteiger charge is -2.41. The van der Waals surface area contributed by atoms with E-state index in [1.54, 1.807) is 11.3 Å². The summed E-state index contributed by atoms with van der Waals surface area (Å²) >= 11 is 5.13. The molecule has 112 valence electrons. The maximum absolute atomic E-state index is 11.0. The van der Waals surface area contributed by atoms with Gasteiger partial charge in [0.2, 0.25) is 0 Å². The zero-order valence-electron chi connectivity index (χ0n) is 11.8. The minimum atomic E-state index is -0.623. The van der Waals surface area contributed by atoms with Gasteiger partial charge in [0.1, 0.15) is 5.75 Å². The second kappa shape index (κ2) is 5.72. The molecule has 0 spiro atoms. The molecular weight excluding hydrogens is 350 g/mol. The Morgan fingerprint density at radius 1 is 1.48 bits per heavy atom. The van der Waals surface area contributed by atoms with Crippen LogP contribution in [0.1, 0.15) is 27.8 Å².